The third-order valence-corrected chi connectivity index (χ3v) is 4.17. The lowest BCUT2D eigenvalue weighted by atomic mass is 10.1. The molecule has 0 amide bonds. The van der Waals surface area contributed by atoms with E-state index < -0.39 is 0 Å². The van der Waals surface area contributed by atoms with Crippen molar-refractivity contribution in [2.45, 2.75) is 19.4 Å². The Balaban J connectivity index is 1.54. The number of benzene rings is 3. The number of aryl methyl sites for hydroxylation is 1. The van der Waals surface area contributed by atoms with Gasteiger partial charge in [0.1, 0.15) is 11.5 Å². The zero-order chi connectivity index (χ0) is 18.9. The topological polar surface area (TPSA) is 47.6 Å². The second kappa shape index (κ2) is 9.43. The standard InChI is InChI=1S/C23H23NO3/c1-26-23(25)15-12-18-10-13-20(14-11-18)24-17-19-6-5-9-22(16-19)27-21-7-3-2-4-8-21/h2-11,13-14,16,24H,12,15,17H2,1H3. The molecule has 4 nitrogen and oxygen atoms in total. The number of para-hydroxylation sites is 1. The molecule has 3 aromatic rings. The van der Waals surface area contributed by atoms with E-state index in [2.05, 4.69) is 16.1 Å². The van der Waals surface area contributed by atoms with Gasteiger partial charge in [0.05, 0.1) is 7.11 Å². The van der Waals surface area contributed by atoms with Crippen LogP contribution >= 0.6 is 0 Å². The maximum atomic E-state index is 11.2. The highest BCUT2D eigenvalue weighted by Gasteiger charge is 2.02. The first-order chi connectivity index (χ1) is 13.2. The Morgan fingerprint density at radius 3 is 2.33 bits per heavy atom. The Hall–Kier alpha value is -3.27. The predicted molar refractivity (Wildman–Crippen MR) is 107 cm³/mol. The quantitative estimate of drug-likeness (QED) is 0.561. The van der Waals surface area contributed by atoms with Crippen molar-refractivity contribution < 1.29 is 14.3 Å². The minimum atomic E-state index is -0.185. The van der Waals surface area contributed by atoms with E-state index >= 15 is 0 Å². The molecule has 0 saturated carbocycles. The van der Waals surface area contributed by atoms with E-state index in [-0.39, 0.29) is 5.97 Å². The van der Waals surface area contributed by atoms with E-state index in [9.17, 15) is 4.79 Å². The number of hydrogen-bond donors (Lipinski definition) is 1. The second-order valence-electron chi connectivity index (χ2n) is 6.19. The minimum absolute atomic E-state index is 0.185. The van der Waals surface area contributed by atoms with E-state index in [0.29, 0.717) is 19.4 Å². The molecule has 0 aromatic heterocycles. The van der Waals surface area contributed by atoms with Gasteiger partial charge >= 0.3 is 5.97 Å². The summed E-state index contributed by atoms with van der Waals surface area (Å²) in [5.74, 6) is 1.46. The first kappa shape index (κ1) is 18.5. The molecule has 0 bridgehead atoms. The lowest BCUT2D eigenvalue weighted by Gasteiger charge is -2.10. The van der Waals surface area contributed by atoms with Crippen LogP contribution in [0.4, 0.5) is 5.69 Å². The fourth-order valence-corrected chi connectivity index (χ4v) is 2.69. The van der Waals surface area contributed by atoms with E-state index in [1.165, 1.54) is 7.11 Å². The van der Waals surface area contributed by atoms with Crippen molar-refractivity contribution in [3.63, 3.8) is 0 Å². The Morgan fingerprint density at radius 1 is 0.852 bits per heavy atom. The van der Waals surface area contributed by atoms with Gasteiger partial charge in [-0.3, -0.25) is 4.79 Å². The molecule has 138 valence electrons. The Labute approximate surface area is 159 Å². The summed E-state index contributed by atoms with van der Waals surface area (Å²) >= 11 is 0. The molecule has 4 heteroatoms. The van der Waals surface area contributed by atoms with Crippen molar-refractivity contribution in [1.82, 2.24) is 0 Å². The molecule has 1 N–H and O–H groups in total. The van der Waals surface area contributed by atoms with Crippen LogP contribution in [0, 0.1) is 0 Å². The van der Waals surface area contributed by atoms with Gasteiger partial charge in [0.2, 0.25) is 0 Å². The highest BCUT2D eigenvalue weighted by Crippen LogP contribution is 2.22. The smallest absolute Gasteiger partial charge is 0.305 e. The summed E-state index contributed by atoms with van der Waals surface area (Å²) in [5.41, 5.74) is 3.29. The van der Waals surface area contributed by atoms with E-state index in [0.717, 1.165) is 28.3 Å². The van der Waals surface area contributed by atoms with Gasteiger partial charge in [-0.05, 0) is 53.9 Å². The van der Waals surface area contributed by atoms with Crippen LogP contribution in [0.1, 0.15) is 17.5 Å². The summed E-state index contributed by atoms with van der Waals surface area (Å²) in [4.78, 5) is 11.2. The summed E-state index contributed by atoms with van der Waals surface area (Å²) < 4.78 is 10.5. The van der Waals surface area contributed by atoms with Gasteiger partial charge in [0.25, 0.3) is 0 Å². The molecule has 0 heterocycles. The molecular formula is C23H23NO3. The SMILES string of the molecule is COC(=O)CCc1ccc(NCc2cccc(Oc3ccccc3)c2)cc1. The summed E-state index contributed by atoms with van der Waals surface area (Å²) in [6.07, 6.45) is 1.09. The van der Waals surface area contributed by atoms with Gasteiger partial charge in [0.15, 0.2) is 0 Å². The van der Waals surface area contributed by atoms with Gasteiger partial charge in [0, 0.05) is 18.7 Å². The van der Waals surface area contributed by atoms with Gasteiger partial charge in [-0.15, -0.1) is 0 Å². The molecule has 3 rings (SSSR count). The molecule has 0 radical (unpaired) electrons. The lowest BCUT2D eigenvalue weighted by Crippen LogP contribution is -2.02. The number of methoxy groups -OCH3 is 1. The van der Waals surface area contributed by atoms with Crippen LogP contribution < -0.4 is 10.1 Å². The van der Waals surface area contributed by atoms with Crippen LogP contribution in [0.25, 0.3) is 0 Å². The van der Waals surface area contributed by atoms with Crippen LogP contribution in [0.2, 0.25) is 0 Å². The maximum absolute atomic E-state index is 11.2. The number of esters is 1. The average Bonchev–Trinajstić information content (AvgIpc) is 2.72. The number of carbonyl (C=O) groups excluding carboxylic acids is 1. The van der Waals surface area contributed by atoms with Crippen LogP contribution in [-0.4, -0.2) is 13.1 Å². The zero-order valence-corrected chi connectivity index (χ0v) is 15.4. The highest BCUT2D eigenvalue weighted by molar-refractivity contribution is 5.69. The van der Waals surface area contributed by atoms with E-state index in [4.69, 9.17) is 4.74 Å². The van der Waals surface area contributed by atoms with Crippen LogP contribution in [0.3, 0.4) is 0 Å². The average molecular weight is 361 g/mol. The number of anilines is 1. The fourth-order valence-electron chi connectivity index (χ4n) is 2.69. The first-order valence-corrected chi connectivity index (χ1v) is 8.94. The first-order valence-electron chi connectivity index (χ1n) is 8.94. The summed E-state index contributed by atoms with van der Waals surface area (Å²) in [5, 5.41) is 3.41. The number of rotatable bonds is 8. The van der Waals surface area contributed by atoms with Crippen molar-refractivity contribution in [3.8, 4) is 11.5 Å². The van der Waals surface area contributed by atoms with Gasteiger partial charge in [-0.25, -0.2) is 0 Å². The highest BCUT2D eigenvalue weighted by atomic mass is 16.5. The van der Waals surface area contributed by atoms with Crippen molar-refractivity contribution in [2.24, 2.45) is 0 Å². The molecule has 0 unspecified atom stereocenters. The summed E-state index contributed by atoms with van der Waals surface area (Å²) in [6.45, 7) is 0.702. The lowest BCUT2D eigenvalue weighted by molar-refractivity contribution is -0.140. The largest absolute Gasteiger partial charge is 0.469 e. The Kier molecular flexibility index (Phi) is 6.47. The molecule has 0 aliphatic heterocycles. The molecule has 27 heavy (non-hydrogen) atoms. The third-order valence-electron chi connectivity index (χ3n) is 4.17. The minimum Gasteiger partial charge on any atom is -0.469 e. The van der Waals surface area contributed by atoms with Crippen molar-refractivity contribution in [1.29, 1.82) is 0 Å². The summed E-state index contributed by atoms with van der Waals surface area (Å²) in [7, 11) is 1.41. The third kappa shape index (κ3) is 5.89. The number of nitrogens with one attached hydrogen (secondary N) is 1. The molecule has 0 saturated heterocycles. The van der Waals surface area contributed by atoms with E-state index in [1.54, 1.807) is 0 Å². The summed E-state index contributed by atoms with van der Waals surface area (Å²) in [6, 6.07) is 25.9. The maximum Gasteiger partial charge on any atom is 0.305 e. The van der Waals surface area contributed by atoms with Crippen LogP contribution in [-0.2, 0) is 22.5 Å². The number of ether oxygens (including phenoxy) is 2. The number of carbonyl (C=O) groups is 1. The van der Waals surface area contributed by atoms with Crippen molar-refractivity contribution in [2.75, 3.05) is 12.4 Å². The van der Waals surface area contributed by atoms with Crippen molar-refractivity contribution in [3.05, 3.63) is 90.0 Å². The fraction of sp³-hybridized carbons (Fsp3) is 0.174. The van der Waals surface area contributed by atoms with Gasteiger partial charge in [-0.1, -0.05) is 42.5 Å². The molecule has 0 fully saturated rings. The van der Waals surface area contributed by atoms with Crippen LogP contribution in [0.5, 0.6) is 11.5 Å². The Bertz CT molecular complexity index is 860. The van der Waals surface area contributed by atoms with Crippen molar-refractivity contribution >= 4 is 11.7 Å². The molecule has 0 atom stereocenters. The predicted octanol–water partition coefficient (Wildman–Crippen LogP) is 5.20. The molecular weight excluding hydrogens is 338 g/mol. The molecule has 3 aromatic carbocycles. The molecule has 0 aliphatic carbocycles. The molecule has 0 aliphatic rings. The second-order valence-corrected chi connectivity index (χ2v) is 6.19. The van der Waals surface area contributed by atoms with Crippen LogP contribution in [0.15, 0.2) is 78.9 Å². The normalized spacial score (nSPS) is 10.3. The number of hydrogen-bond acceptors (Lipinski definition) is 4. The monoisotopic (exact) mass is 361 g/mol. The zero-order valence-electron chi connectivity index (χ0n) is 15.4. The Morgan fingerprint density at radius 2 is 1.59 bits per heavy atom. The van der Waals surface area contributed by atoms with Gasteiger partial charge < -0.3 is 14.8 Å². The molecule has 0 spiro atoms. The van der Waals surface area contributed by atoms with E-state index in [1.807, 2.05) is 72.8 Å². The van der Waals surface area contributed by atoms with Gasteiger partial charge in [-0.2, -0.15) is 0 Å².